The molecule has 2 nitrogen and oxygen atoms in total. The van der Waals surface area contributed by atoms with Crippen molar-refractivity contribution in [2.45, 2.75) is 20.3 Å². The number of thiophene rings is 1. The van der Waals surface area contributed by atoms with Gasteiger partial charge in [0.1, 0.15) is 0 Å². The Labute approximate surface area is 134 Å². The fourth-order valence-corrected chi connectivity index (χ4v) is 3.52. The first kappa shape index (κ1) is 14.8. The van der Waals surface area contributed by atoms with Gasteiger partial charge in [-0.15, -0.1) is 11.3 Å². The average Bonchev–Trinajstić information content (AvgIpc) is 2.93. The molecule has 0 radical (unpaired) electrons. The van der Waals surface area contributed by atoms with Crippen LogP contribution in [0.4, 0.5) is 0 Å². The summed E-state index contributed by atoms with van der Waals surface area (Å²) in [5, 5.41) is 6.50. The second-order valence-electron chi connectivity index (χ2n) is 5.56. The van der Waals surface area contributed by atoms with E-state index >= 15 is 0 Å². The predicted octanol–water partition coefficient (Wildman–Crippen LogP) is 4.49. The van der Waals surface area contributed by atoms with Crippen LogP contribution in [0.25, 0.3) is 10.1 Å². The smallest absolute Gasteiger partial charge is 0.251 e. The van der Waals surface area contributed by atoms with Gasteiger partial charge in [0.05, 0.1) is 0 Å². The molecule has 0 bridgehead atoms. The molecule has 112 valence electrons. The van der Waals surface area contributed by atoms with Crippen molar-refractivity contribution in [1.29, 1.82) is 0 Å². The van der Waals surface area contributed by atoms with E-state index in [1.165, 1.54) is 21.2 Å². The maximum atomic E-state index is 12.2. The number of amides is 1. The highest BCUT2D eigenvalue weighted by molar-refractivity contribution is 7.17. The summed E-state index contributed by atoms with van der Waals surface area (Å²) in [7, 11) is 0. The number of rotatable bonds is 4. The summed E-state index contributed by atoms with van der Waals surface area (Å²) < 4.78 is 1.30. The Balaban J connectivity index is 1.63. The molecule has 0 fully saturated rings. The zero-order valence-electron chi connectivity index (χ0n) is 12.8. The summed E-state index contributed by atoms with van der Waals surface area (Å²) in [5.41, 5.74) is 4.40. The average molecular weight is 309 g/mol. The van der Waals surface area contributed by atoms with E-state index in [9.17, 15) is 4.79 Å². The third kappa shape index (κ3) is 3.04. The summed E-state index contributed by atoms with van der Waals surface area (Å²) in [6.45, 7) is 4.74. The molecule has 0 saturated heterocycles. The molecule has 0 unspecified atom stereocenters. The minimum Gasteiger partial charge on any atom is -0.352 e. The largest absolute Gasteiger partial charge is 0.352 e. The van der Waals surface area contributed by atoms with Crippen LogP contribution in [-0.4, -0.2) is 12.5 Å². The van der Waals surface area contributed by atoms with Gasteiger partial charge in [-0.05, 0) is 65.9 Å². The van der Waals surface area contributed by atoms with Crippen molar-refractivity contribution < 1.29 is 4.79 Å². The molecule has 0 spiro atoms. The van der Waals surface area contributed by atoms with Gasteiger partial charge < -0.3 is 5.32 Å². The van der Waals surface area contributed by atoms with Gasteiger partial charge in [-0.2, -0.15) is 0 Å². The summed E-state index contributed by atoms with van der Waals surface area (Å²) in [5.74, 6) is 0.00244. The first-order chi connectivity index (χ1) is 10.6. The molecule has 0 aliphatic carbocycles. The van der Waals surface area contributed by atoms with Crippen molar-refractivity contribution in [2.24, 2.45) is 0 Å². The third-order valence-electron chi connectivity index (χ3n) is 4.01. The van der Waals surface area contributed by atoms with Crippen molar-refractivity contribution in [3.05, 3.63) is 70.1 Å². The van der Waals surface area contributed by atoms with Crippen molar-refractivity contribution in [2.75, 3.05) is 6.54 Å². The van der Waals surface area contributed by atoms with Crippen LogP contribution in [0.2, 0.25) is 0 Å². The van der Waals surface area contributed by atoms with Crippen molar-refractivity contribution in [1.82, 2.24) is 5.32 Å². The summed E-state index contributed by atoms with van der Waals surface area (Å²) >= 11 is 1.76. The van der Waals surface area contributed by atoms with E-state index in [2.05, 4.69) is 41.9 Å². The Morgan fingerprint density at radius 2 is 1.91 bits per heavy atom. The predicted molar refractivity (Wildman–Crippen MR) is 93.8 cm³/mol. The number of carbonyl (C=O) groups is 1. The Morgan fingerprint density at radius 1 is 1.09 bits per heavy atom. The van der Waals surface area contributed by atoms with E-state index in [-0.39, 0.29) is 5.91 Å². The molecule has 1 amide bonds. The SMILES string of the molecule is Cc1ccc(C(=O)NCCc2csc3ccccc23)cc1C. The molecule has 3 heteroatoms. The lowest BCUT2D eigenvalue weighted by Crippen LogP contribution is -2.25. The highest BCUT2D eigenvalue weighted by Crippen LogP contribution is 2.25. The molecule has 2 aromatic carbocycles. The highest BCUT2D eigenvalue weighted by atomic mass is 32.1. The number of carbonyl (C=O) groups excluding carboxylic acids is 1. The lowest BCUT2D eigenvalue weighted by Gasteiger charge is -2.07. The van der Waals surface area contributed by atoms with Gasteiger partial charge in [-0.25, -0.2) is 0 Å². The molecular formula is C19H19NOS. The lowest BCUT2D eigenvalue weighted by molar-refractivity contribution is 0.0954. The molecule has 0 aliphatic rings. The fraction of sp³-hybridized carbons (Fsp3) is 0.211. The minimum absolute atomic E-state index is 0.00244. The molecule has 1 aromatic heterocycles. The van der Waals surface area contributed by atoms with E-state index in [1.807, 2.05) is 25.1 Å². The highest BCUT2D eigenvalue weighted by Gasteiger charge is 2.07. The van der Waals surface area contributed by atoms with Gasteiger partial charge in [-0.1, -0.05) is 24.3 Å². The Hall–Kier alpha value is -2.13. The maximum Gasteiger partial charge on any atom is 0.251 e. The van der Waals surface area contributed by atoms with E-state index in [0.717, 1.165) is 17.5 Å². The van der Waals surface area contributed by atoms with Crippen LogP contribution in [0, 0.1) is 13.8 Å². The molecule has 0 saturated carbocycles. The molecule has 3 rings (SSSR count). The molecule has 22 heavy (non-hydrogen) atoms. The molecule has 0 aliphatic heterocycles. The van der Waals surface area contributed by atoms with Crippen molar-refractivity contribution in [3.63, 3.8) is 0 Å². The van der Waals surface area contributed by atoms with Gasteiger partial charge in [0.25, 0.3) is 5.91 Å². The maximum absolute atomic E-state index is 12.2. The zero-order chi connectivity index (χ0) is 15.5. The van der Waals surface area contributed by atoms with Gasteiger partial charge in [0.2, 0.25) is 0 Å². The second-order valence-corrected chi connectivity index (χ2v) is 6.47. The van der Waals surface area contributed by atoms with E-state index < -0.39 is 0 Å². The van der Waals surface area contributed by atoms with Gasteiger partial charge >= 0.3 is 0 Å². The topological polar surface area (TPSA) is 29.1 Å². The quantitative estimate of drug-likeness (QED) is 0.756. The molecule has 0 atom stereocenters. The fourth-order valence-electron chi connectivity index (χ4n) is 2.52. The van der Waals surface area contributed by atoms with Crippen LogP contribution < -0.4 is 5.32 Å². The summed E-state index contributed by atoms with van der Waals surface area (Å²) in [6, 6.07) is 14.2. The Morgan fingerprint density at radius 3 is 2.73 bits per heavy atom. The number of hydrogen-bond acceptors (Lipinski definition) is 2. The van der Waals surface area contributed by atoms with Crippen LogP contribution in [0.15, 0.2) is 47.8 Å². The van der Waals surface area contributed by atoms with Crippen molar-refractivity contribution in [3.8, 4) is 0 Å². The third-order valence-corrected chi connectivity index (χ3v) is 5.02. The molecule has 3 aromatic rings. The van der Waals surface area contributed by atoms with Gasteiger partial charge in [-0.3, -0.25) is 4.79 Å². The van der Waals surface area contributed by atoms with Crippen LogP contribution in [0.1, 0.15) is 27.0 Å². The zero-order valence-corrected chi connectivity index (χ0v) is 13.7. The van der Waals surface area contributed by atoms with E-state index in [4.69, 9.17) is 0 Å². The first-order valence-corrected chi connectivity index (χ1v) is 8.33. The first-order valence-electron chi connectivity index (χ1n) is 7.46. The molecule has 1 N–H and O–H groups in total. The Bertz CT molecular complexity index is 819. The van der Waals surface area contributed by atoms with Gasteiger partial charge in [0.15, 0.2) is 0 Å². The van der Waals surface area contributed by atoms with Crippen LogP contribution >= 0.6 is 11.3 Å². The van der Waals surface area contributed by atoms with Gasteiger partial charge in [0, 0.05) is 16.8 Å². The monoisotopic (exact) mass is 309 g/mol. The molecular weight excluding hydrogens is 290 g/mol. The standard InChI is InChI=1S/C19H19NOS/c1-13-7-8-15(11-14(13)2)19(21)20-10-9-16-12-22-18-6-4-3-5-17(16)18/h3-8,11-12H,9-10H2,1-2H3,(H,20,21). The van der Waals surface area contributed by atoms with Crippen LogP contribution in [0.5, 0.6) is 0 Å². The Kier molecular flexibility index (Phi) is 4.25. The summed E-state index contributed by atoms with van der Waals surface area (Å²) in [4.78, 5) is 12.2. The number of nitrogens with one attached hydrogen (secondary N) is 1. The van der Waals surface area contributed by atoms with Crippen molar-refractivity contribution >= 4 is 27.3 Å². The number of fused-ring (bicyclic) bond motifs is 1. The van der Waals surface area contributed by atoms with Crippen LogP contribution in [-0.2, 0) is 6.42 Å². The number of hydrogen-bond donors (Lipinski definition) is 1. The lowest BCUT2D eigenvalue weighted by atomic mass is 10.1. The normalized spacial score (nSPS) is 10.8. The summed E-state index contributed by atoms with van der Waals surface area (Å²) in [6.07, 6.45) is 0.862. The number of benzene rings is 2. The molecule has 1 heterocycles. The second kappa shape index (κ2) is 6.32. The minimum atomic E-state index is 0.00244. The number of aryl methyl sites for hydroxylation is 2. The van der Waals surface area contributed by atoms with Crippen LogP contribution in [0.3, 0.4) is 0 Å². The van der Waals surface area contributed by atoms with E-state index in [0.29, 0.717) is 6.54 Å². The van der Waals surface area contributed by atoms with E-state index in [1.54, 1.807) is 11.3 Å².